The lowest BCUT2D eigenvalue weighted by Crippen LogP contribution is -2.55. The minimum atomic E-state index is -0.883. The zero-order valence-electron chi connectivity index (χ0n) is 22.1. The minimum absolute atomic E-state index is 0.0789. The molecular weight excluding hydrogens is 446 g/mol. The maximum Gasteiger partial charge on any atom is 0.408 e. The fraction of sp³-hybridized carbons (Fsp3) is 0.667. The fourth-order valence-corrected chi connectivity index (χ4v) is 4.39. The van der Waals surface area contributed by atoms with Crippen LogP contribution in [0.1, 0.15) is 91.7 Å². The van der Waals surface area contributed by atoms with Crippen LogP contribution < -0.4 is 10.6 Å². The summed E-state index contributed by atoms with van der Waals surface area (Å²) < 4.78 is 5.39. The zero-order chi connectivity index (χ0) is 26.2. The molecule has 8 nitrogen and oxygen atoms in total. The Morgan fingerprint density at radius 3 is 2.20 bits per heavy atom. The number of benzene rings is 1. The highest BCUT2D eigenvalue weighted by molar-refractivity contribution is 5.92. The molecule has 2 unspecified atom stereocenters. The lowest BCUT2D eigenvalue weighted by atomic mass is 9.94. The number of aromatic hydroxyl groups is 1. The van der Waals surface area contributed by atoms with Gasteiger partial charge in [-0.3, -0.25) is 9.59 Å². The van der Waals surface area contributed by atoms with E-state index in [1.54, 1.807) is 37.8 Å². The van der Waals surface area contributed by atoms with Crippen LogP contribution in [0.25, 0.3) is 0 Å². The number of carbonyl (C=O) groups is 3. The number of ether oxygens (including phenoxy) is 1. The average Bonchev–Trinajstić information content (AvgIpc) is 2.77. The van der Waals surface area contributed by atoms with E-state index in [1.165, 1.54) is 18.6 Å². The highest BCUT2D eigenvalue weighted by Crippen LogP contribution is 2.27. The highest BCUT2D eigenvalue weighted by Gasteiger charge is 2.37. The number of rotatable bonds is 9. The van der Waals surface area contributed by atoms with Crippen LogP contribution in [0, 0.1) is 5.92 Å². The van der Waals surface area contributed by atoms with Crippen molar-refractivity contribution in [3.05, 3.63) is 29.8 Å². The first kappa shape index (κ1) is 28.5. The largest absolute Gasteiger partial charge is 0.508 e. The Bertz CT molecular complexity index is 841. The SMILES string of the molecule is CCCN(C(=O)C(NC(=O)OC(C)(C)C)C(C)C)C(C(=O)NC1CCCCC1)c1ccc(O)cc1. The number of nitrogens with zero attached hydrogens (tertiary/aromatic N) is 1. The second kappa shape index (κ2) is 12.8. The molecule has 3 amide bonds. The third-order valence-corrected chi connectivity index (χ3v) is 6.07. The van der Waals surface area contributed by atoms with Gasteiger partial charge in [-0.2, -0.15) is 0 Å². The molecule has 0 heterocycles. The molecule has 35 heavy (non-hydrogen) atoms. The summed E-state index contributed by atoms with van der Waals surface area (Å²) in [5.74, 6) is -0.731. The van der Waals surface area contributed by atoms with E-state index >= 15 is 0 Å². The molecule has 2 rings (SSSR count). The summed E-state index contributed by atoms with van der Waals surface area (Å²) in [6.07, 6.45) is 5.11. The molecule has 1 aliphatic carbocycles. The molecule has 0 radical (unpaired) electrons. The third kappa shape index (κ3) is 8.75. The standard InChI is InChI=1S/C27H43N3O5/c1-7-17-30(25(33)22(18(2)3)29-26(34)35-27(4,5)6)23(19-13-15-21(31)16-14-19)24(32)28-20-11-9-8-10-12-20/h13-16,18,20,22-23,31H,7-12,17H2,1-6H3,(H,28,32)(H,29,34). The van der Waals surface area contributed by atoms with Gasteiger partial charge in [0.05, 0.1) is 0 Å². The van der Waals surface area contributed by atoms with Crippen molar-refractivity contribution >= 4 is 17.9 Å². The topological polar surface area (TPSA) is 108 Å². The molecule has 1 fully saturated rings. The Kier molecular flexibility index (Phi) is 10.4. The number of nitrogens with one attached hydrogen (secondary N) is 2. The van der Waals surface area contributed by atoms with Crippen LogP contribution in [0.4, 0.5) is 4.79 Å². The Hall–Kier alpha value is -2.77. The van der Waals surface area contributed by atoms with Crippen LogP contribution in [-0.2, 0) is 14.3 Å². The second-order valence-electron chi connectivity index (χ2n) is 10.7. The van der Waals surface area contributed by atoms with Gasteiger partial charge >= 0.3 is 6.09 Å². The van der Waals surface area contributed by atoms with Gasteiger partial charge in [-0.25, -0.2) is 4.79 Å². The van der Waals surface area contributed by atoms with Crippen LogP contribution in [-0.4, -0.2) is 52.1 Å². The second-order valence-corrected chi connectivity index (χ2v) is 10.7. The van der Waals surface area contributed by atoms with E-state index in [4.69, 9.17) is 4.74 Å². The molecule has 0 bridgehead atoms. The zero-order valence-corrected chi connectivity index (χ0v) is 22.1. The summed E-state index contributed by atoms with van der Waals surface area (Å²) in [6.45, 7) is 11.3. The normalized spacial score (nSPS) is 16.3. The van der Waals surface area contributed by atoms with Gasteiger partial charge < -0.3 is 25.4 Å². The summed E-state index contributed by atoms with van der Waals surface area (Å²) in [7, 11) is 0. The molecule has 0 aliphatic heterocycles. The van der Waals surface area contributed by atoms with E-state index in [9.17, 15) is 19.5 Å². The fourth-order valence-electron chi connectivity index (χ4n) is 4.39. The van der Waals surface area contributed by atoms with E-state index in [2.05, 4.69) is 10.6 Å². The van der Waals surface area contributed by atoms with Crippen molar-refractivity contribution < 1.29 is 24.2 Å². The molecule has 2 atom stereocenters. The number of amides is 3. The number of phenols is 1. The van der Waals surface area contributed by atoms with Gasteiger partial charge in [-0.15, -0.1) is 0 Å². The number of alkyl carbamates (subject to hydrolysis) is 1. The van der Waals surface area contributed by atoms with Crippen molar-refractivity contribution in [2.24, 2.45) is 5.92 Å². The minimum Gasteiger partial charge on any atom is -0.508 e. The van der Waals surface area contributed by atoms with Crippen LogP contribution in [0.2, 0.25) is 0 Å². The molecule has 3 N–H and O–H groups in total. The molecule has 0 saturated heterocycles. The molecule has 1 aromatic rings. The quantitative estimate of drug-likeness (QED) is 0.467. The van der Waals surface area contributed by atoms with Gasteiger partial charge in [0.15, 0.2) is 0 Å². The van der Waals surface area contributed by atoms with Crippen molar-refractivity contribution in [3.8, 4) is 5.75 Å². The predicted molar refractivity (Wildman–Crippen MR) is 136 cm³/mol. The first-order chi connectivity index (χ1) is 16.4. The smallest absolute Gasteiger partial charge is 0.408 e. The maximum absolute atomic E-state index is 13.9. The van der Waals surface area contributed by atoms with Gasteiger partial charge in [0.2, 0.25) is 11.8 Å². The molecule has 1 aromatic carbocycles. The van der Waals surface area contributed by atoms with Gasteiger partial charge in [-0.05, 0) is 63.6 Å². The molecular formula is C27H43N3O5. The Balaban J connectivity index is 2.38. The molecule has 1 aliphatic rings. The van der Waals surface area contributed by atoms with Crippen LogP contribution in [0.15, 0.2) is 24.3 Å². The van der Waals surface area contributed by atoms with Gasteiger partial charge in [-0.1, -0.05) is 52.2 Å². The first-order valence-corrected chi connectivity index (χ1v) is 12.8. The molecule has 196 valence electrons. The summed E-state index contributed by atoms with van der Waals surface area (Å²) in [5, 5.41) is 15.7. The first-order valence-electron chi connectivity index (χ1n) is 12.8. The van der Waals surface area contributed by atoms with Crippen molar-refractivity contribution in [2.45, 2.75) is 104 Å². The van der Waals surface area contributed by atoms with Crippen molar-refractivity contribution in [3.63, 3.8) is 0 Å². The molecule has 0 spiro atoms. The van der Waals surface area contributed by atoms with Crippen molar-refractivity contribution in [2.75, 3.05) is 6.54 Å². The summed E-state index contributed by atoms with van der Waals surface area (Å²) in [5.41, 5.74) is -0.0932. The van der Waals surface area contributed by atoms with Crippen molar-refractivity contribution in [1.82, 2.24) is 15.5 Å². The molecule has 1 saturated carbocycles. The van der Waals surface area contributed by atoms with Crippen LogP contribution in [0.3, 0.4) is 0 Å². The van der Waals surface area contributed by atoms with Crippen molar-refractivity contribution in [1.29, 1.82) is 0 Å². The Morgan fingerprint density at radius 2 is 1.69 bits per heavy atom. The van der Waals surface area contributed by atoms with Crippen LogP contribution in [0.5, 0.6) is 5.75 Å². The lowest BCUT2D eigenvalue weighted by Gasteiger charge is -2.36. The summed E-state index contributed by atoms with van der Waals surface area (Å²) in [6, 6.07) is 4.71. The van der Waals surface area contributed by atoms with Gasteiger partial charge in [0.1, 0.15) is 23.4 Å². The average molecular weight is 490 g/mol. The maximum atomic E-state index is 13.9. The summed E-state index contributed by atoms with van der Waals surface area (Å²) >= 11 is 0. The number of hydrogen-bond donors (Lipinski definition) is 3. The van der Waals surface area contributed by atoms with Crippen LogP contribution >= 0.6 is 0 Å². The molecule has 0 aromatic heterocycles. The van der Waals surface area contributed by atoms with Gasteiger partial charge in [0, 0.05) is 12.6 Å². The van der Waals surface area contributed by atoms with E-state index < -0.39 is 23.8 Å². The lowest BCUT2D eigenvalue weighted by molar-refractivity contribution is -0.143. The highest BCUT2D eigenvalue weighted by atomic mass is 16.6. The Morgan fingerprint density at radius 1 is 1.09 bits per heavy atom. The van der Waals surface area contributed by atoms with Gasteiger partial charge in [0.25, 0.3) is 0 Å². The Labute approximate surface area is 209 Å². The predicted octanol–water partition coefficient (Wildman–Crippen LogP) is 4.67. The van der Waals surface area contributed by atoms with E-state index in [0.29, 0.717) is 18.5 Å². The monoisotopic (exact) mass is 489 g/mol. The third-order valence-electron chi connectivity index (χ3n) is 6.07. The van der Waals surface area contributed by atoms with E-state index in [0.717, 1.165) is 25.7 Å². The summed E-state index contributed by atoms with van der Waals surface area (Å²) in [4.78, 5) is 41.6. The number of hydrogen-bond acceptors (Lipinski definition) is 5. The van der Waals surface area contributed by atoms with E-state index in [-0.39, 0.29) is 29.5 Å². The van der Waals surface area contributed by atoms with E-state index in [1.807, 2.05) is 20.8 Å². The molecule has 8 heteroatoms. The number of carbonyl (C=O) groups excluding carboxylic acids is 3. The number of phenolic OH excluding ortho intramolecular Hbond substituents is 1.